The zero-order valence-electron chi connectivity index (χ0n) is 13.3. The molecule has 0 spiro atoms. The first-order valence-electron chi connectivity index (χ1n) is 7.32. The van der Waals surface area contributed by atoms with Gasteiger partial charge in [0.05, 0.1) is 5.56 Å². The molecule has 1 aromatic rings. The first-order valence-corrected chi connectivity index (χ1v) is 7.32. The molecule has 2 atom stereocenters. The molecule has 0 aliphatic rings. The van der Waals surface area contributed by atoms with Crippen LogP contribution in [-0.4, -0.2) is 37.1 Å². The Labute approximate surface area is 122 Å². The van der Waals surface area contributed by atoms with Gasteiger partial charge in [-0.3, -0.25) is 0 Å². The molecule has 3 nitrogen and oxygen atoms in total. The summed E-state index contributed by atoms with van der Waals surface area (Å²) in [5, 5.41) is 0. The zero-order valence-corrected chi connectivity index (χ0v) is 13.3. The molecule has 0 aromatic heterocycles. The van der Waals surface area contributed by atoms with Crippen molar-refractivity contribution in [3.63, 3.8) is 0 Å². The summed E-state index contributed by atoms with van der Waals surface area (Å²) in [4.78, 5) is 14.2. The Morgan fingerprint density at radius 3 is 2.20 bits per heavy atom. The van der Waals surface area contributed by atoms with E-state index in [9.17, 15) is 4.79 Å². The van der Waals surface area contributed by atoms with Crippen LogP contribution in [0.25, 0.3) is 0 Å². The molecule has 2 unspecified atom stereocenters. The standard InChI is InChI=1S/C17H27NO2/c1-13(2)11-16(18(4)5)12-14(3)20-17(19)15-9-7-6-8-10-15/h6-10,13-14,16H,11-12H2,1-5H3. The Kier molecular flexibility index (Phi) is 6.73. The molecule has 1 rings (SSSR count). The number of benzene rings is 1. The summed E-state index contributed by atoms with van der Waals surface area (Å²) >= 11 is 0. The number of hydrogen-bond donors (Lipinski definition) is 0. The van der Waals surface area contributed by atoms with E-state index in [4.69, 9.17) is 4.74 Å². The van der Waals surface area contributed by atoms with E-state index in [2.05, 4.69) is 32.8 Å². The second-order valence-electron chi connectivity index (χ2n) is 6.06. The summed E-state index contributed by atoms with van der Waals surface area (Å²) in [5.41, 5.74) is 0.615. The maximum atomic E-state index is 12.0. The van der Waals surface area contributed by atoms with Gasteiger partial charge in [-0.1, -0.05) is 32.0 Å². The minimum atomic E-state index is -0.236. The van der Waals surface area contributed by atoms with E-state index in [-0.39, 0.29) is 12.1 Å². The van der Waals surface area contributed by atoms with Gasteiger partial charge in [0, 0.05) is 6.04 Å². The highest BCUT2D eigenvalue weighted by molar-refractivity contribution is 5.89. The van der Waals surface area contributed by atoms with E-state index >= 15 is 0 Å². The molecule has 0 fully saturated rings. The van der Waals surface area contributed by atoms with Gasteiger partial charge in [-0.15, -0.1) is 0 Å². The number of carbonyl (C=O) groups excluding carboxylic acids is 1. The van der Waals surface area contributed by atoms with Crippen LogP contribution < -0.4 is 0 Å². The van der Waals surface area contributed by atoms with E-state index in [0.717, 1.165) is 12.8 Å². The van der Waals surface area contributed by atoms with Crippen LogP contribution in [0.4, 0.5) is 0 Å². The second-order valence-corrected chi connectivity index (χ2v) is 6.06. The molecule has 0 aliphatic carbocycles. The molecule has 0 radical (unpaired) electrons. The summed E-state index contributed by atoms with van der Waals surface area (Å²) < 4.78 is 5.53. The van der Waals surface area contributed by atoms with Crippen LogP contribution in [0, 0.1) is 5.92 Å². The molecule has 0 aliphatic heterocycles. The Morgan fingerprint density at radius 2 is 1.70 bits per heavy atom. The van der Waals surface area contributed by atoms with Crippen molar-refractivity contribution >= 4 is 5.97 Å². The third-order valence-electron chi connectivity index (χ3n) is 3.40. The van der Waals surface area contributed by atoms with Crippen molar-refractivity contribution in [3.8, 4) is 0 Å². The van der Waals surface area contributed by atoms with Crippen molar-refractivity contribution in [2.45, 2.75) is 45.8 Å². The van der Waals surface area contributed by atoms with Crippen molar-refractivity contribution < 1.29 is 9.53 Å². The lowest BCUT2D eigenvalue weighted by Gasteiger charge is -2.28. The molecule has 20 heavy (non-hydrogen) atoms. The van der Waals surface area contributed by atoms with Gasteiger partial charge in [-0.2, -0.15) is 0 Å². The van der Waals surface area contributed by atoms with E-state index in [1.54, 1.807) is 12.1 Å². The van der Waals surface area contributed by atoms with Crippen LogP contribution in [-0.2, 0) is 4.74 Å². The Morgan fingerprint density at radius 1 is 1.10 bits per heavy atom. The molecule has 0 saturated heterocycles. The lowest BCUT2D eigenvalue weighted by molar-refractivity contribution is 0.0260. The molecule has 1 aromatic carbocycles. The number of carbonyl (C=O) groups is 1. The zero-order chi connectivity index (χ0) is 15.1. The van der Waals surface area contributed by atoms with Crippen LogP contribution in [0.2, 0.25) is 0 Å². The molecule has 0 saturated carbocycles. The normalized spacial score (nSPS) is 14.3. The Bertz CT molecular complexity index is 401. The fourth-order valence-corrected chi connectivity index (χ4v) is 2.32. The van der Waals surface area contributed by atoms with Crippen LogP contribution in [0.15, 0.2) is 30.3 Å². The Hall–Kier alpha value is -1.35. The maximum Gasteiger partial charge on any atom is 0.338 e. The Balaban J connectivity index is 2.53. The lowest BCUT2D eigenvalue weighted by atomic mass is 9.98. The summed E-state index contributed by atoms with van der Waals surface area (Å²) in [7, 11) is 4.16. The molecular formula is C17H27NO2. The topological polar surface area (TPSA) is 29.5 Å². The molecule has 112 valence electrons. The largest absolute Gasteiger partial charge is 0.459 e. The third-order valence-corrected chi connectivity index (χ3v) is 3.40. The molecule has 0 bridgehead atoms. The number of ether oxygens (including phenoxy) is 1. The highest BCUT2D eigenvalue weighted by Crippen LogP contribution is 2.16. The smallest absolute Gasteiger partial charge is 0.338 e. The molecule has 0 N–H and O–H groups in total. The second kappa shape index (κ2) is 8.05. The summed E-state index contributed by atoms with van der Waals surface area (Å²) in [5.74, 6) is 0.402. The average molecular weight is 277 g/mol. The van der Waals surface area contributed by atoms with Gasteiger partial charge < -0.3 is 9.64 Å². The van der Waals surface area contributed by atoms with Gasteiger partial charge in [0.2, 0.25) is 0 Å². The number of esters is 1. The maximum absolute atomic E-state index is 12.0. The first-order chi connectivity index (χ1) is 9.40. The summed E-state index contributed by atoms with van der Waals surface area (Å²) in [6.07, 6.45) is 1.90. The molecule has 0 heterocycles. The number of rotatable bonds is 7. The van der Waals surface area contributed by atoms with Gasteiger partial charge in [-0.25, -0.2) is 4.79 Å². The van der Waals surface area contributed by atoms with Crippen LogP contribution in [0.1, 0.15) is 44.0 Å². The van der Waals surface area contributed by atoms with Crippen molar-refractivity contribution in [1.29, 1.82) is 0 Å². The monoisotopic (exact) mass is 277 g/mol. The quantitative estimate of drug-likeness (QED) is 0.713. The first kappa shape index (κ1) is 16.7. The number of nitrogens with zero attached hydrogens (tertiary/aromatic N) is 1. The summed E-state index contributed by atoms with van der Waals surface area (Å²) in [6, 6.07) is 9.60. The van der Waals surface area contributed by atoms with Gasteiger partial charge in [-0.05, 0) is 51.9 Å². The van der Waals surface area contributed by atoms with Crippen molar-refractivity contribution in [2.75, 3.05) is 14.1 Å². The third kappa shape index (κ3) is 5.74. The van der Waals surface area contributed by atoms with E-state index in [1.165, 1.54) is 0 Å². The number of hydrogen-bond acceptors (Lipinski definition) is 3. The lowest BCUT2D eigenvalue weighted by Crippen LogP contribution is -2.33. The van der Waals surface area contributed by atoms with Crippen LogP contribution in [0.5, 0.6) is 0 Å². The predicted molar refractivity (Wildman–Crippen MR) is 82.9 cm³/mol. The average Bonchev–Trinajstić information content (AvgIpc) is 2.38. The van der Waals surface area contributed by atoms with Crippen molar-refractivity contribution in [2.24, 2.45) is 5.92 Å². The summed E-state index contributed by atoms with van der Waals surface area (Å²) in [6.45, 7) is 6.41. The molecule has 0 amide bonds. The highest BCUT2D eigenvalue weighted by Gasteiger charge is 2.19. The van der Waals surface area contributed by atoms with Gasteiger partial charge in [0.25, 0.3) is 0 Å². The van der Waals surface area contributed by atoms with Crippen molar-refractivity contribution in [1.82, 2.24) is 4.90 Å². The minimum absolute atomic E-state index is 0.0751. The highest BCUT2D eigenvalue weighted by atomic mass is 16.5. The van der Waals surface area contributed by atoms with Crippen molar-refractivity contribution in [3.05, 3.63) is 35.9 Å². The van der Waals surface area contributed by atoms with E-state index in [1.807, 2.05) is 25.1 Å². The fourth-order valence-electron chi connectivity index (χ4n) is 2.32. The van der Waals surface area contributed by atoms with E-state index in [0.29, 0.717) is 17.5 Å². The minimum Gasteiger partial charge on any atom is -0.459 e. The van der Waals surface area contributed by atoms with Gasteiger partial charge >= 0.3 is 5.97 Å². The van der Waals surface area contributed by atoms with Gasteiger partial charge in [0.1, 0.15) is 6.10 Å². The SMILES string of the molecule is CC(C)CC(CC(C)OC(=O)c1ccccc1)N(C)C. The molecular weight excluding hydrogens is 250 g/mol. The van der Waals surface area contributed by atoms with Crippen LogP contribution in [0.3, 0.4) is 0 Å². The molecule has 3 heteroatoms. The van der Waals surface area contributed by atoms with Gasteiger partial charge in [0.15, 0.2) is 0 Å². The van der Waals surface area contributed by atoms with Crippen LogP contribution >= 0.6 is 0 Å². The van der Waals surface area contributed by atoms with E-state index < -0.39 is 0 Å². The predicted octanol–water partition coefficient (Wildman–Crippen LogP) is 3.60. The fraction of sp³-hybridized carbons (Fsp3) is 0.588.